The molecule has 4 atom stereocenters. The molecule has 0 saturated carbocycles. The molecule has 0 radical (unpaired) electrons. The molecule has 1 aliphatic heterocycles. The number of hydrogen-bond donors (Lipinski definition) is 1. The Hall–Kier alpha value is -3.48. The number of phenolic OH excluding ortho intramolecular Hbond substituents is 1. The van der Waals surface area contributed by atoms with Crippen LogP contribution < -0.4 is 0 Å². The molecule has 0 amide bonds. The van der Waals surface area contributed by atoms with Crippen LogP contribution in [0.3, 0.4) is 0 Å². The highest BCUT2D eigenvalue weighted by Crippen LogP contribution is 2.41. The lowest BCUT2D eigenvalue weighted by Crippen LogP contribution is -2.37. The van der Waals surface area contributed by atoms with Gasteiger partial charge in [-0.1, -0.05) is 109 Å². The number of aromatic hydroxyl groups is 1. The van der Waals surface area contributed by atoms with Crippen molar-refractivity contribution in [3.63, 3.8) is 0 Å². The van der Waals surface area contributed by atoms with Gasteiger partial charge in [-0.2, -0.15) is 0 Å². The van der Waals surface area contributed by atoms with Gasteiger partial charge in [-0.3, -0.25) is 0 Å². The second kappa shape index (κ2) is 12.7. The monoisotopic (exact) mass is 496 g/mol. The summed E-state index contributed by atoms with van der Waals surface area (Å²) in [5, 5.41) is 10.7. The molecular weight excluding hydrogens is 464 g/mol. The first-order chi connectivity index (χ1) is 18.3. The van der Waals surface area contributed by atoms with Crippen molar-refractivity contribution in [1.29, 1.82) is 0 Å². The molecular formula is C32H32O5. The summed E-state index contributed by atoms with van der Waals surface area (Å²) in [5.74, 6) is 0.175. The molecule has 5 heteroatoms. The van der Waals surface area contributed by atoms with E-state index in [0.717, 1.165) is 16.7 Å². The molecule has 1 N–H and O–H groups in total. The minimum absolute atomic E-state index is 0.175. The van der Waals surface area contributed by atoms with Crippen molar-refractivity contribution < 1.29 is 24.1 Å². The summed E-state index contributed by atoms with van der Waals surface area (Å²) < 4.78 is 25.6. The average molecular weight is 497 g/mol. The van der Waals surface area contributed by atoms with Crippen molar-refractivity contribution in [2.75, 3.05) is 6.61 Å². The van der Waals surface area contributed by atoms with E-state index in [0.29, 0.717) is 32.0 Å². The molecule has 1 saturated heterocycles. The summed E-state index contributed by atoms with van der Waals surface area (Å²) in [4.78, 5) is 0. The summed E-state index contributed by atoms with van der Waals surface area (Å²) in [7, 11) is 0. The molecule has 0 unspecified atom stereocenters. The number of ether oxygens (including phenoxy) is 4. The fraction of sp³-hybridized carbons (Fsp3) is 0.250. The van der Waals surface area contributed by atoms with Gasteiger partial charge >= 0.3 is 0 Å². The van der Waals surface area contributed by atoms with Crippen LogP contribution in [-0.4, -0.2) is 30.0 Å². The second-order valence-corrected chi connectivity index (χ2v) is 9.18. The lowest BCUT2D eigenvalue weighted by molar-refractivity contribution is -0.0898. The molecule has 190 valence electrons. The Kier molecular flexibility index (Phi) is 8.62. The van der Waals surface area contributed by atoms with E-state index in [1.165, 1.54) is 0 Å². The molecule has 5 rings (SSSR count). The van der Waals surface area contributed by atoms with Gasteiger partial charge in [-0.25, -0.2) is 0 Å². The summed E-state index contributed by atoms with van der Waals surface area (Å²) in [6.45, 7) is 1.64. The summed E-state index contributed by atoms with van der Waals surface area (Å²) in [5.41, 5.74) is 3.90. The third-order valence-electron chi connectivity index (χ3n) is 6.52. The third kappa shape index (κ3) is 6.64. The Labute approximate surface area is 218 Å². The van der Waals surface area contributed by atoms with Crippen molar-refractivity contribution in [3.05, 3.63) is 138 Å². The Bertz CT molecular complexity index is 1220. The van der Waals surface area contributed by atoms with E-state index < -0.39 is 18.3 Å². The van der Waals surface area contributed by atoms with Crippen LogP contribution in [0.15, 0.2) is 115 Å². The molecule has 1 heterocycles. The fourth-order valence-corrected chi connectivity index (χ4v) is 4.62. The van der Waals surface area contributed by atoms with Gasteiger partial charge in [0.05, 0.1) is 26.4 Å². The van der Waals surface area contributed by atoms with Crippen LogP contribution in [0, 0.1) is 0 Å². The zero-order valence-electron chi connectivity index (χ0n) is 20.7. The Balaban J connectivity index is 1.38. The number of rotatable bonds is 11. The van der Waals surface area contributed by atoms with Gasteiger partial charge in [-0.05, 0) is 22.8 Å². The maximum absolute atomic E-state index is 10.7. The Morgan fingerprint density at radius 2 is 1.05 bits per heavy atom. The molecule has 0 bridgehead atoms. The number of phenols is 1. The van der Waals surface area contributed by atoms with Gasteiger partial charge in [0.1, 0.15) is 30.2 Å². The summed E-state index contributed by atoms with van der Waals surface area (Å²) in [6.07, 6.45) is -1.72. The van der Waals surface area contributed by atoms with Gasteiger partial charge < -0.3 is 24.1 Å². The zero-order valence-corrected chi connectivity index (χ0v) is 20.7. The minimum Gasteiger partial charge on any atom is -0.508 e. The van der Waals surface area contributed by atoms with Crippen molar-refractivity contribution in [1.82, 2.24) is 0 Å². The number of para-hydroxylation sites is 1. The predicted octanol–water partition coefficient (Wildman–Crippen LogP) is 6.22. The largest absolute Gasteiger partial charge is 0.508 e. The Morgan fingerprint density at radius 1 is 0.568 bits per heavy atom. The molecule has 4 aromatic rings. The standard InChI is InChI=1S/C32H32O5/c33-28-19-11-10-18-27(28)30-32(36-22-26-16-8-3-9-17-26)31(35-21-25-14-6-2-7-15-25)29(37-30)23-34-20-24-12-4-1-5-13-24/h1-19,29-33H,20-23H2/t29-,30+,31-,32+/m1/s1. The van der Waals surface area contributed by atoms with E-state index in [1.807, 2.05) is 103 Å². The van der Waals surface area contributed by atoms with Crippen molar-refractivity contribution in [3.8, 4) is 5.75 Å². The first kappa shape index (κ1) is 25.2. The first-order valence-corrected chi connectivity index (χ1v) is 12.6. The van der Waals surface area contributed by atoms with Crippen LogP contribution in [-0.2, 0) is 38.8 Å². The van der Waals surface area contributed by atoms with E-state index in [-0.39, 0.29) is 11.9 Å². The maximum atomic E-state index is 10.7. The fourth-order valence-electron chi connectivity index (χ4n) is 4.62. The predicted molar refractivity (Wildman–Crippen MR) is 142 cm³/mol. The van der Waals surface area contributed by atoms with Crippen molar-refractivity contribution >= 4 is 0 Å². The first-order valence-electron chi connectivity index (χ1n) is 12.6. The molecule has 1 aliphatic rings. The summed E-state index contributed by atoms with van der Waals surface area (Å²) >= 11 is 0. The van der Waals surface area contributed by atoms with Crippen molar-refractivity contribution in [2.24, 2.45) is 0 Å². The van der Waals surface area contributed by atoms with Crippen LogP contribution in [0.4, 0.5) is 0 Å². The highest BCUT2D eigenvalue weighted by Gasteiger charge is 2.47. The lowest BCUT2D eigenvalue weighted by atomic mass is 10.00. The van der Waals surface area contributed by atoms with Gasteiger partial charge in [0, 0.05) is 5.56 Å². The van der Waals surface area contributed by atoms with E-state index in [1.54, 1.807) is 12.1 Å². The van der Waals surface area contributed by atoms with E-state index in [2.05, 4.69) is 0 Å². The molecule has 1 fully saturated rings. The summed E-state index contributed by atoms with van der Waals surface area (Å²) in [6, 6.07) is 37.4. The van der Waals surface area contributed by atoms with Gasteiger partial charge in [-0.15, -0.1) is 0 Å². The average Bonchev–Trinajstić information content (AvgIpc) is 3.29. The van der Waals surface area contributed by atoms with Crippen molar-refractivity contribution in [2.45, 2.75) is 44.2 Å². The highest BCUT2D eigenvalue weighted by atomic mass is 16.6. The molecule has 37 heavy (non-hydrogen) atoms. The molecule has 5 nitrogen and oxygen atoms in total. The Morgan fingerprint density at radius 3 is 1.62 bits per heavy atom. The smallest absolute Gasteiger partial charge is 0.121 e. The minimum atomic E-state index is -0.504. The molecule has 0 aliphatic carbocycles. The quantitative estimate of drug-likeness (QED) is 0.267. The molecule has 4 aromatic carbocycles. The lowest BCUT2D eigenvalue weighted by Gasteiger charge is -2.25. The van der Waals surface area contributed by atoms with Gasteiger partial charge in [0.25, 0.3) is 0 Å². The second-order valence-electron chi connectivity index (χ2n) is 9.18. The molecule has 0 spiro atoms. The van der Waals surface area contributed by atoms with E-state index in [4.69, 9.17) is 18.9 Å². The highest BCUT2D eigenvalue weighted by molar-refractivity contribution is 5.35. The van der Waals surface area contributed by atoms with Gasteiger partial charge in [0.2, 0.25) is 0 Å². The molecule has 0 aromatic heterocycles. The third-order valence-corrected chi connectivity index (χ3v) is 6.52. The number of benzene rings is 4. The van der Waals surface area contributed by atoms with Crippen LogP contribution in [0.5, 0.6) is 5.75 Å². The van der Waals surface area contributed by atoms with Crippen LogP contribution in [0.25, 0.3) is 0 Å². The van der Waals surface area contributed by atoms with E-state index in [9.17, 15) is 5.11 Å². The zero-order chi connectivity index (χ0) is 25.3. The topological polar surface area (TPSA) is 57.2 Å². The maximum Gasteiger partial charge on any atom is 0.121 e. The SMILES string of the molecule is Oc1ccccc1[C@@H]1O[C@H](COCc2ccccc2)[C@@H](OCc2ccccc2)[C@H]1OCc1ccccc1. The van der Waals surface area contributed by atoms with E-state index >= 15 is 0 Å². The van der Waals surface area contributed by atoms with Crippen LogP contribution in [0.2, 0.25) is 0 Å². The number of hydrogen-bond acceptors (Lipinski definition) is 5. The van der Waals surface area contributed by atoms with Crippen LogP contribution in [0.1, 0.15) is 28.4 Å². The normalized spacial score (nSPS) is 21.2. The van der Waals surface area contributed by atoms with Crippen LogP contribution >= 0.6 is 0 Å². The van der Waals surface area contributed by atoms with Gasteiger partial charge in [0.15, 0.2) is 0 Å².